The number of ether oxygens (including phenoxy) is 3. The van der Waals surface area contributed by atoms with Crippen molar-refractivity contribution in [3.8, 4) is 17.2 Å². The minimum atomic E-state index is -0.909. The highest BCUT2D eigenvalue weighted by molar-refractivity contribution is 5.96. The molecule has 0 radical (unpaired) electrons. The third kappa shape index (κ3) is 3.25. The van der Waals surface area contributed by atoms with Crippen LogP contribution in [0.5, 0.6) is 17.2 Å². The van der Waals surface area contributed by atoms with E-state index in [1.54, 1.807) is 24.0 Å². The number of hydrogen-bond acceptors (Lipinski definition) is 5. The molecule has 7 heteroatoms. The number of fused-ring (bicyclic) bond motifs is 1. The molecule has 1 aromatic rings. The Morgan fingerprint density at radius 3 is 2.67 bits per heavy atom. The van der Waals surface area contributed by atoms with Crippen LogP contribution in [0.2, 0.25) is 0 Å². The van der Waals surface area contributed by atoms with Gasteiger partial charge in [-0.05, 0) is 25.0 Å². The molecule has 1 amide bonds. The zero-order valence-electron chi connectivity index (χ0n) is 13.8. The van der Waals surface area contributed by atoms with E-state index in [0.29, 0.717) is 36.0 Å². The molecule has 1 saturated carbocycles. The van der Waals surface area contributed by atoms with Gasteiger partial charge in [-0.25, -0.2) is 0 Å². The average Bonchev–Trinajstić information content (AvgIpc) is 3.42. The lowest BCUT2D eigenvalue weighted by atomic mass is 10.1. The molecule has 0 aromatic heterocycles. The van der Waals surface area contributed by atoms with Crippen molar-refractivity contribution >= 4 is 11.9 Å². The van der Waals surface area contributed by atoms with Crippen molar-refractivity contribution in [1.82, 2.24) is 4.90 Å². The van der Waals surface area contributed by atoms with Crippen molar-refractivity contribution < 1.29 is 28.9 Å². The van der Waals surface area contributed by atoms with Crippen molar-refractivity contribution in [1.29, 1.82) is 0 Å². The Labute approximate surface area is 140 Å². The second kappa shape index (κ2) is 6.59. The smallest absolute Gasteiger partial charge is 0.308 e. The van der Waals surface area contributed by atoms with Crippen LogP contribution in [-0.4, -0.2) is 54.8 Å². The van der Waals surface area contributed by atoms with Gasteiger partial charge in [-0.15, -0.1) is 0 Å². The second-order valence-corrected chi connectivity index (χ2v) is 6.13. The fourth-order valence-electron chi connectivity index (χ4n) is 2.72. The Bertz CT molecular complexity index is 637. The first-order chi connectivity index (χ1) is 11.5. The Morgan fingerprint density at radius 2 is 2.04 bits per heavy atom. The SMILES string of the molecule is COc1cc(C(=O)N(CC(C)C(=O)O)C2CC2)cc2c1OCCO2. The van der Waals surface area contributed by atoms with Gasteiger partial charge in [-0.2, -0.15) is 0 Å². The van der Waals surface area contributed by atoms with Crippen LogP contribution < -0.4 is 14.2 Å². The largest absolute Gasteiger partial charge is 0.493 e. The molecule has 1 aromatic carbocycles. The highest BCUT2D eigenvalue weighted by atomic mass is 16.6. The van der Waals surface area contributed by atoms with E-state index in [-0.39, 0.29) is 18.5 Å². The van der Waals surface area contributed by atoms with Gasteiger partial charge in [0.15, 0.2) is 11.5 Å². The average molecular weight is 335 g/mol. The lowest BCUT2D eigenvalue weighted by molar-refractivity contribution is -0.141. The number of carbonyl (C=O) groups is 2. The van der Waals surface area contributed by atoms with Crippen LogP contribution >= 0.6 is 0 Å². The number of rotatable bonds is 6. The highest BCUT2D eigenvalue weighted by Crippen LogP contribution is 2.41. The normalized spacial score (nSPS) is 17.1. The summed E-state index contributed by atoms with van der Waals surface area (Å²) in [6, 6.07) is 3.37. The molecule has 0 spiro atoms. The number of methoxy groups -OCH3 is 1. The van der Waals surface area contributed by atoms with E-state index in [1.807, 2.05) is 0 Å². The Hall–Kier alpha value is -2.44. The van der Waals surface area contributed by atoms with Gasteiger partial charge in [-0.3, -0.25) is 9.59 Å². The molecule has 1 heterocycles. The maximum Gasteiger partial charge on any atom is 0.308 e. The van der Waals surface area contributed by atoms with Gasteiger partial charge in [0.2, 0.25) is 5.75 Å². The molecule has 0 bridgehead atoms. The van der Waals surface area contributed by atoms with Crippen molar-refractivity contribution in [2.75, 3.05) is 26.9 Å². The highest BCUT2D eigenvalue weighted by Gasteiger charge is 2.35. The maximum atomic E-state index is 12.9. The van der Waals surface area contributed by atoms with Gasteiger partial charge in [0.25, 0.3) is 5.91 Å². The molecule has 1 unspecified atom stereocenters. The molecule has 24 heavy (non-hydrogen) atoms. The van der Waals surface area contributed by atoms with Gasteiger partial charge in [0.1, 0.15) is 13.2 Å². The van der Waals surface area contributed by atoms with Crippen LogP contribution in [0, 0.1) is 5.92 Å². The molecule has 7 nitrogen and oxygen atoms in total. The molecular weight excluding hydrogens is 314 g/mol. The van der Waals surface area contributed by atoms with Crippen LogP contribution in [0.4, 0.5) is 0 Å². The minimum absolute atomic E-state index is 0.110. The number of carboxylic acids is 1. The third-order valence-corrected chi connectivity index (χ3v) is 4.22. The van der Waals surface area contributed by atoms with Gasteiger partial charge < -0.3 is 24.2 Å². The summed E-state index contributed by atoms with van der Waals surface area (Å²) in [7, 11) is 1.51. The molecule has 1 N–H and O–H groups in total. The van der Waals surface area contributed by atoms with E-state index in [1.165, 1.54) is 7.11 Å². The summed E-state index contributed by atoms with van der Waals surface area (Å²) in [4.78, 5) is 25.7. The molecule has 1 atom stereocenters. The molecule has 1 aliphatic heterocycles. The molecule has 3 rings (SSSR count). The van der Waals surface area contributed by atoms with Crippen molar-refractivity contribution in [2.24, 2.45) is 5.92 Å². The number of benzene rings is 1. The number of aliphatic carboxylic acids is 1. The van der Waals surface area contributed by atoms with Crippen molar-refractivity contribution in [2.45, 2.75) is 25.8 Å². The van der Waals surface area contributed by atoms with Crippen molar-refractivity contribution in [3.05, 3.63) is 17.7 Å². The standard InChI is InChI=1S/C17H21NO6/c1-10(17(20)21)9-18(12-3-4-12)16(19)11-7-13(22-2)15-14(8-11)23-5-6-24-15/h7-8,10,12H,3-6,9H2,1-2H3,(H,20,21). The zero-order valence-corrected chi connectivity index (χ0v) is 13.8. The van der Waals surface area contributed by atoms with E-state index in [4.69, 9.17) is 19.3 Å². The predicted molar refractivity (Wildman–Crippen MR) is 84.8 cm³/mol. The molecule has 1 aliphatic carbocycles. The van der Waals surface area contributed by atoms with Gasteiger partial charge in [0, 0.05) is 18.2 Å². The lowest BCUT2D eigenvalue weighted by Crippen LogP contribution is -2.38. The van der Waals surface area contributed by atoms with Crippen LogP contribution in [0.25, 0.3) is 0 Å². The maximum absolute atomic E-state index is 12.9. The van der Waals surface area contributed by atoms with Crippen molar-refractivity contribution in [3.63, 3.8) is 0 Å². The van der Waals surface area contributed by atoms with Gasteiger partial charge in [0.05, 0.1) is 13.0 Å². The first kappa shape index (κ1) is 16.4. The van der Waals surface area contributed by atoms with Crippen LogP contribution in [0.3, 0.4) is 0 Å². The van der Waals surface area contributed by atoms with Gasteiger partial charge in [-0.1, -0.05) is 6.92 Å². The lowest BCUT2D eigenvalue weighted by Gasteiger charge is -2.26. The monoisotopic (exact) mass is 335 g/mol. The molecular formula is C17H21NO6. The number of nitrogens with zero attached hydrogens (tertiary/aromatic N) is 1. The van der Waals surface area contributed by atoms with E-state index >= 15 is 0 Å². The van der Waals surface area contributed by atoms with Crippen LogP contribution in [0.15, 0.2) is 12.1 Å². The fourth-order valence-corrected chi connectivity index (χ4v) is 2.72. The predicted octanol–water partition coefficient (Wildman–Crippen LogP) is 1.79. The number of carboxylic acid groups (broad SMARTS) is 1. The third-order valence-electron chi connectivity index (χ3n) is 4.22. The molecule has 1 fully saturated rings. The Kier molecular flexibility index (Phi) is 4.51. The number of hydrogen-bond donors (Lipinski definition) is 1. The van der Waals surface area contributed by atoms with E-state index < -0.39 is 11.9 Å². The van der Waals surface area contributed by atoms with Crippen LogP contribution in [0.1, 0.15) is 30.1 Å². The summed E-state index contributed by atoms with van der Waals surface area (Å²) in [5.41, 5.74) is 0.417. The summed E-state index contributed by atoms with van der Waals surface area (Å²) in [5.74, 6) is -0.316. The summed E-state index contributed by atoms with van der Waals surface area (Å²) in [6.07, 6.45) is 1.81. The summed E-state index contributed by atoms with van der Waals surface area (Å²) >= 11 is 0. The second-order valence-electron chi connectivity index (χ2n) is 6.13. The fraction of sp³-hybridized carbons (Fsp3) is 0.529. The topological polar surface area (TPSA) is 85.3 Å². The molecule has 2 aliphatic rings. The first-order valence-corrected chi connectivity index (χ1v) is 8.02. The zero-order chi connectivity index (χ0) is 17.3. The van der Waals surface area contributed by atoms with E-state index in [2.05, 4.69) is 0 Å². The first-order valence-electron chi connectivity index (χ1n) is 8.02. The summed E-state index contributed by atoms with van der Waals surface area (Å²) < 4.78 is 16.4. The summed E-state index contributed by atoms with van der Waals surface area (Å²) in [6.45, 7) is 2.64. The van der Waals surface area contributed by atoms with E-state index in [0.717, 1.165) is 12.8 Å². The summed E-state index contributed by atoms with van der Waals surface area (Å²) in [5, 5.41) is 9.13. The van der Waals surface area contributed by atoms with Crippen LogP contribution in [-0.2, 0) is 4.79 Å². The molecule has 130 valence electrons. The minimum Gasteiger partial charge on any atom is -0.493 e. The Balaban J connectivity index is 1.88. The van der Waals surface area contributed by atoms with Gasteiger partial charge >= 0.3 is 5.97 Å². The number of carbonyl (C=O) groups excluding carboxylic acids is 1. The Morgan fingerprint density at radius 1 is 1.33 bits per heavy atom. The van der Waals surface area contributed by atoms with E-state index in [9.17, 15) is 9.59 Å². The number of amides is 1. The quantitative estimate of drug-likeness (QED) is 0.853. The molecule has 0 saturated heterocycles.